The van der Waals surface area contributed by atoms with E-state index >= 15 is 0 Å². The molecule has 0 unspecified atom stereocenters. The van der Waals surface area contributed by atoms with Gasteiger partial charge in [0.1, 0.15) is 6.61 Å². The zero-order valence-electron chi connectivity index (χ0n) is 9.08. The molecule has 0 aromatic heterocycles. The van der Waals surface area contributed by atoms with Crippen LogP contribution in [-0.4, -0.2) is 36.2 Å². The Kier molecular flexibility index (Phi) is 3.68. The van der Waals surface area contributed by atoms with Crippen molar-refractivity contribution in [1.82, 2.24) is 5.32 Å². The van der Waals surface area contributed by atoms with Crippen molar-refractivity contribution in [3.05, 3.63) is 0 Å². The summed E-state index contributed by atoms with van der Waals surface area (Å²) in [6.07, 6.45) is 1.30. The quantitative estimate of drug-likeness (QED) is 0.672. The second-order valence-electron chi connectivity index (χ2n) is 4.22. The van der Waals surface area contributed by atoms with Crippen molar-refractivity contribution < 1.29 is 19.4 Å². The highest BCUT2D eigenvalue weighted by Gasteiger charge is 2.50. The molecule has 0 radical (unpaired) electrons. The maximum Gasteiger partial charge on any atom is 0.311 e. The summed E-state index contributed by atoms with van der Waals surface area (Å²) in [6.45, 7) is 3.88. The third-order valence-electron chi connectivity index (χ3n) is 2.48. The largest absolute Gasteiger partial charge is 0.481 e. The van der Waals surface area contributed by atoms with Gasteiger partial charge < -0.3 is 15.2 Å². The number of carbonyl (C=O) groups excluding carboxylic acids is 1. The molecule has 0 aliphatic heterocycles. The van der Waals surface area contributed by atoms with Crippen LogP contribution < -0.4 is 5.32 Å². The molecular weight excluding hydrogens is 198 g/mol. The molecule has 0 bridgehead atoms. The Hall–Kier alpha value is -1.10. The molecular formula is C10H17NO4. The second-order valence-corrected chi connectivity index (χ2v) is 4.22. The maximum absolute atomic E-state index is 11.2. The van der Waals surface area contributed by atoms with Gasteiger partial charge in [0.05, 0.1) is 11.5 Å². The molecule has 15 heavy (non-hydrogen) atoms. The molecule has 1 amide bonds. The fourth-order valence-electron chi connectivity index (χ4n) is 1.18. The van der Waals surface area contributed by atoms with E-state index < -0.39 is 11.4 Å². The van der Waals surface area contributed by atoms with E-state index in [1.54, 1.807) is 0 Å². The summed E-state index contributed by atoms with van der Waals surface area (Å²) in [5.41, 5.74) is -0.701. The maximum atomic E-state index is 11.2. The van der Waals surface area contributed by atoms with Gasteiger partial charge in [0, 0.05) is 6.54 Å². The fraction of sp³-hybridized carbons (Fsp3) is 0.800. The van der Waals surface area contributed by atoms with Crippen LogP contribution in [0.3, 0.4) is 0 Å². The van der Waals surface area contributed by atoms with Gasteiger partial charge in [-0.25, -0.2) is 0 Å². The van der Waals surface area contributed by atoms with Crippen LogP contribution >= 0.6 is 0 Å². The SMILES string of the molecule is CC(C)OCC(=O)NCC1(C(=O)O)CC1. The van der Waals surface area contributed by atoms with Gasteiger partial charge in [-0.3, -0.25) is 9.59 Å². The normalized spacial score (nSPS) is 17.5. The van der Waals surface area contributed by atoms with Gasteiger partial charge >= 0.3 is 5.97 Å². The van der Waals surface area contributed by atoms with E-state index in [2.05, 4.69) is 5.32 Å². The molecule has 0 aromatic carbocycles. The summed E-state index contributed by atoms with van der Waals surface area (Å²) < 4.78 is 5.09. The fourth-order valence-corrected chi connectivity index (χ4v) is 1.18. The number of hydrogen-bond donors (Lipinski definition) is 2. The highest BCUT2D eigenvalue weighted by atomic mass is 16.5. The Morgan fingerprint density at radius 1 is 1.47 bits per heavy atom. The summed E-state index contributed by atoms with van der Waals surface area (Å²) in [5.74, 6) is -1.08. The molecule has 1 saturated carbocycles. The average Bonchev–Trinajstić information content (AvgIpc) is 2.92. The van der Waals surface area contributed by atoms with Crippen LogP contribution in [0.15, 0.2) is 0 Å². The lowest BCUT2D eigenvalue weighted by atomic mass is 10.1. The van der Waals surface area contributed by atoms with Crippen LogP contribution in [0, 0.1) is 5.41 Å². The molecule has 5 nitrogen and oxygen atoms in total. The second kappa shape index (κ2) is 4.61. The minimum atomic E-state index is -0.826. The van der Waals surface area contributed by atoms with Crippen LogP contribution in [0.4, 0.5) is 0 Å². The van der Waals surface area contributed by atoms with Crippen molar-refractivity contribution in [2.75, 3.05) is 13.2 Å². The third-order valence-corrected chi connectivity index (χ3v) is 2.48. The summed E-state index contributed by atoms with van der Waals surface area (Å²) in [6, 6.07) is 0. The summed E-state index contributed by atoms with van der Waals surface area (Å²) in [5, 5.41) is 11.4. The van der Waals surface area contributed by atoms with Crippen molar-refractivity contribution in [2.45, 2.75) is 32.8 Å². The first kappa shape index (κ1) is 12.0. The monoisotopic (exact) mass is 215 g/mol. The van der Waals surface area contributed by atoms with E-state index in [9.17, 15) is 9.59 Å². The molecule has 0 spiro atoms. The predicted molar refractivity (Wildman–Crippen MR) is 53.4 cm³/mol. The van der Waals surface area contributed by atoms with E-state index in [-0.39, 0.29) is 25.2 Å². The first-order valence-electron chi connectivity index (χ1n) is 5.08. The topological polar surface area (TPSA) is 75.6 Å². The van der Waals surface area contributed by atoms with Crippen molar-refractivity contribution in [1.29, 1.82) is 0 Å². The third kappa shape index (κ3) is 3.51. The van der Waals surface area contributed by atoms with Crippen molar-refractivity contribution in [3.63, 3.8) is 0 Å². The first-order chi connectivity index (χ1) is 6.96. The Morgan fingerprint density at radius 3 is 2.47 bits per heavy atom. The van der Waals surface area contributed by atoms with Crippen LogP contribution in [0.2, 0.25) is 0 Å². The molecule has 0 heterocycles. The minimum Gasteiger partial charge on any atom is -0.481 e. The molecule has 1 rings (SSSR count). The van der Waals surface area contributed by atoms with Crippen molar-refractivity contribution in [3.8, 4) is 0 Å². The Balaban J connectivity index is 2.20. The number of hydrogen-bond acceptors (Lipinski definition) is 3. The van der Waals surface area contributed by atoms with Gasteiger partial charge in [0.15, 0.2) is 0 Å². The number of carboxylic acids is 1. The highest BCUT2D eigenvalue weighted by Crippen LogP contribution is 2.45. The van der Waals surface area contributed by atoms with Crippen LogP contribution in [0.1, 0.15) is 26.7 Å². The van der Waals surface area contributed by atoms with E-state index in [0.717, 1.165) is 0 Å². The van der Waals surface area contributed by atoms with E-state index in [4.69, 9.17) is 9.84 Å². The van der Waals surface area contributed by atoms with Gasteiger partial charge in [0.25, 0.3) is 0 Å². The number of nitrogens with one attached hydrogen (secondary N) is 1. The Labute approximate surface area is 88.8 Å². The zero-order valence-corrected chi connectivity index (χ0v) is 9.08. The Bertz CT molecular complexity index is 258. The number of carbonyl (C=O) groups is 2. The van der Waals surface area contributed by atoms with E-state index in [1.807, 2.05) is 13.8 Å². The van der Waals surface area contributed by atoms with Gasteiger partial charge in [-0.2, -0.15) is 0 Å². The highest BCUT2D eigenvalue weighted by molar-refractivity contribution is 5.81. The van der Waals surface area contributed by atoms with Gasteiger partial charge in [-0.1, -0.05) is 0 Å². The predicted octanol–water partition coefficient (Wildman–Crippen LogP) is 0.392. The van der Waals surface area contributed by atoms with Crippen molar-refractivity contribution in [2.24, 2.45) is 5.41 Å². The average molecular weight is 215 g/mol. The number of carboxylic acid groups (broad SMARTS) is 1. The Morgan fingerprint density at radius 2 is 2.07 bits per heavy atom. The lowest BCUT2D eigenvalue weighted by Gasteiger charge is -2.12. The smallest absolute Gasteiger partial charge is 0.311 e. The molecule has 5 heteroatoms. The van der Waals surface area contributed by atoms with Crippen LogP contribution in [-0.2, 0) is 14.3 Å². The standard InChI is InChI=1S/C10H17NO4/c1-7(2)15-5-8(12)11-6-10(3-4-10)9(13)14/h7H,3-6H2,1-2H3,(H,11,12)(H,13,14). The lowest BCUT2D eigenvalue weighted by Crippen LogP contribution is -2.36. The number of ether oxygens (including phenoxy) is 1. The lowest BCUT2D eigenvalue weighted by molar-refractivity contribution is -0.143. The van der Waals surface area contributed by atoms with Gasteiger partial charge in [-0.05, 0) is 26.7 Å². The molecule has 0 atom stereocenters. The molecule has 2 N–H and O–H groups in total. The molecule has 1 fully saturated rings. The molecule has 86 valence electrons. The first-order valence-corrected chi connectivity index (χ1v) is 5.08. The molecule has 1 aliphatic rings. The summed E-state index contributed by atoms with van der Waals surface area (Å²) in [4.78, 5) is 22.0. The molecule has 1 aliphatic carbocycles. The summed E-state index contributed by atoms with van der Waals surface area (Å²) >= 11 is 0. The van der Waals surface area contributed by atoms with Crippen LogP contribution in [0.25, 0.3) is 0 Å². The number of rotatable bonds is 6. The molecule has 0 aromatic rings. The summed E-state index contributed by atoms with van der Waals surface area (Å²) in [7, 11) is 0. The van der Waals surface area contributed by atoms with Gasteiger partial charge in [-0.15, -0.1) is 0 Å². The van der Waals surface area contributed by atoms with E-state index in [0.29, 0.717) is 12.8 Å². The molecule has 0 saturated heterocycles. The zero-order chi connectivity index (χ0) is 11.5. The van der Waals surface area contributed by atoms with Crippen LogP contribution in [0.5, 0.6) is 0 Å². The number of amides is 1. The minimum absolute atomic E-state index is 0.00473. The van der Waals surface area contributed by atoms with Gasteiger partial charge in [0.2, 0.25) is 5.91 Å². The number of aliphatic carboxylic acids is 1. The van der Waals surface area contributed by atoms with Crippen molar-refractivity contribution >= 4 is 11.9 Å². The van der Waals surface area contributed by atoms with E-state index in [1.165, 1.54) is 0 Å².